The second kappa shape index (κ2) is 8.94. The fourth-order valence-corrected chi connectivity index (χ4v) is 4.60. The van der Waals surface area contributed by atoms with E-state index in [4.69, 9.17) is 16.3 Å². The number of fused-ring (bicyclic) bond motifs is 1. The molecule has 3 rings (SSSR count). The summed E-state index contributed by atoms with van der Waals surface area (Å²) in [5.41, 5.74) is 2.59. The minimum atomic E-state index is -3.54. The number of hydrogen-bond donors (Lipinski definition) is 0. The van der Waals surface area contributed by atoms with E-state index in [2.05, 4.69) is 36.5 Å². The van der Waals surface area contributed by atoms with E-state index >= 15 is 0 Å². The lowest BCUT2D eigenvalue weighted by Gasteiger charge is -2.16. The molecule has 0 radical (unpaired) electrons. The normalized spacial score (nSPS) is 12.0. The Kier molecular flexibility index (Phi) is 6.73. The minimum Gasteiger partial charge on any atom is -0.361 e. The number of imidazole rings is 1. The van der Waals surface area contributed by atoms with Gasteiger partial charge in [0, 0.05) is 32.1 Å². The lowest BCUT2D eigenvalue weighted by atomic mass is 10.1. The molecule has 1 heterocycles. The highest BCUT2D eigenvalue weighted by Crippen LogP contribution is 2.26. The van der Waals surface area contributed by atoms with E-state index in [-0.39, 0.29) is 11.9 Å². The van der Waals surface area contributed by atoms with Crippen molar-refractivity contribution in [3.05, 3.63) is 58.6 Å². The van der Waals surface area contributed by atoms with Gasteiger partial charge in [-0.15, -0.1) is 0 Å². The molecule has 30 heavy (non-hydrogen) atoms. The van der Waals surface area contributed by atoms with Gasteiger partial charge in [0.05, 0.1) is 16.1 Å². The zero-order chi connectivity index (χ0) is 21.9. The largest absolute Gasteiger partial charge is 0.361 e. The Morgan fingerprint density at radius 1 is 1.13 bits per heavy atom. The van der Waals surface area contributed by atoms with Gasteiger partial charge in [-0.1, -0.05) is 61.3 Å². The van der Waals surface area contributed by atoms with Gasteiger partial charge in [-0.2, -0.15) is 0 Å². The Hall–Kier alpha value is -2.11. The number of sulfone groups is 1. The molecule has 0 aliphatic carbocycles. The molecule has 0 amide bonds. The smallest absolute Gasteiger partial charge is 0.230 e. The molecule has 0 saturated heterocycles. The molecule has 0 fully saturated rings. The van der Waals surface area contributed by atoms with Gasteiger partial charge < -0.3 is 4.74 Å². The molecule has 8 heteroatoms. The Morgan fingerprint density at radius 2 is 1.83 bits per heavy atom. The summed E-state index contributed by atoms with van der Waals surface area (Å²) in [5, 5.41) is 0.406. The van der Waals surface area contributed by atoms with Crippen molar-refractivity contribution in [2.45, 2.75) is 37.6 Å². The van der Waals surface area contributed by atoms with Crippen LogP contribution in [0.5, 0.6) is 0 Å². The van der Waals surface area contributed by atoms with Crippen molar-refractivity contribution >= 4 is 40.5 Å². The average Bonchev–Trinajstić information content (AvgIpc) is 3.01. The van der Waals surface area contributed by atoms with Gasteiger partial charge in [0.15, 0.2) is 0 Å². The monoisotopic (exact) mass is 460 g/mol. The summed E-state index contributed by atoms with van der Waals surface area (Å²) >= 11 is 6.46. The second-order valence-corrected chi connectivity index (χ2v) is 16.3. The van der Waals surface area contributed by atoms with Crippen molar-refractivity contribution in [2.24, 2.45) is 0 Å². The molecule has 0 N–H and O–H groups in total. The van der Waals surface area contributed by atoms with Crippen LogP contribution in [0, 0.1) is 11.8 Å². The summed E-state index contributed by atoms with van der Waals surface area (Å²) in [6, 6.07) is 14.0. The average molecular weight is 461 g/mol. The SMILES string of the molecule is C[Si](C)(C)CCOCn1c(S(C)(=O)=O)nc2cc(C#Cc3ccccc3)c(Cl)cc21. The number of ether oxygens (including phenoxy) is 1. The third-order valence-corrected chi connectivity index (χ3v) is 7.46. The van der Waals surface area contributed by atoms with Crippen LogP contribution >= 0.6 is 11.6 Å². The predicted octanol–water partition coefficient (Wildman–Crippen LogP) is 4.81. The molecule has 0 aliphatic heterocycles. The van der Waals surface area contributed by atoms with E-state index in [1.54, 1.807) is 16.7 Å². The van der Waals surface area contributed by atoms with Crippen LogP contribution in [-0.4, -0.2) is 38.9 Å². The molecule has 2 aromatic carbocycles. The summed E-state index contributed by atoms with van der Waals surface area (Å²) in [6.07, 6.45) is 1.14. The molecular formula is C22H25ClN2O3SSi. The number of hydrogen-bond acceptors (Lipinski definition) is 4. The molecule has 0 aliphatic rings. The Bertz CT molecular complexity index is 1220. The third-order valence-electron chi connectivity index (χ3n) is 4.47. The zero-order valence-corrected chi connectivity index (χ0v) is 20.1. The van der Waals surface area contributed by atoms with Gasteiger partial charge in [0.25, 0.3) is 0 Å². The maximum Gasteiger partial charge on any atom is 0.230 e. The summed E-state index contributed by atoms with van der Waals surface area (Å²) in [6.45, 7) is 7.48. The van der Waals surface area contributed by atoms with Gasteiger partial charge >= 0.3 is 0 Å². The van der Waals surface area contributed by atoms with Gasteiger partial charge in [-0.3, -0.25) is 4.57 Å². The molecule has 0 saturated carbocycles. The van der Waals surface area contributed by atoms with Crippen LogP contribution in [0.2, 0.25) is 30.7 Å². The van der Waals surface area contributed by atoms with Crippen molar-refractivity contribution < 1.29 is 13.2 Å². The quantitative estimate of drug-likeness (QED) is 0.301. The number of nitrogens with zero attached hydrogens (tertiary/aromatic N) is 2. The van der Waals surface area contributed by atoms with Crippen molar-refractivity contribution in [3.8, 4) is 11.8 Å². The van der Waals surface area contributed by atoms with Crippen LogP contribution in [0.25, 0.3) is 11.0 Å². The van der Waals surface area contributed by atoms with Crippen LogP contribution in [-0.2, 0) is 21.3 Å². The molecule has 0 unspecified atom stereocenters. The Labute approximate surface area is 184 Å². The first-order valence-corrected chi connectivity index (χ1v) is 15.6. The molecule has 5 nitrogen and oxygen atoms in total. The van der Waals surface area contributed by atoms with Gasteiger partial charge in [0.1, 0.15) is 6.73 Å². The second-order valence-electron chi connectivity index (χ2n) is 8.38. The summed E-state index contributed by atoms with van der Waals surface area (Å²) in [7, 11) is -4.78. The summed E-state index contributed by atoms with van der Waals surface area (Å²) in [4.78, 5) is 4.35. The molecular weight excluding hydrogens is 436 g/mol. The highest BCUT2D eigenvalue weighted by Gasteiger charge is 2.21. The van der Waals surface area contributed by atoms with Crippen LogP contribution in [0.1, 0.15) is 11.1 Å². The van der Waals surface area contributed by atoms with E-state index in [0.29, 0.717) is 28.2 Å². The Balaban J connectivity index is 1.97. The lowest BCUT2D eigenvalue weighted by Crippen LogP contribution is -2.22. The topological polar surface area (TPSA) is 61.2 Å². The number of benzene rings is 2. The maximum absolute atomic E-state index is 12.3. The van der Waals surface area contributed by atoms with E-state index < -0.39 is 17.9 Å². The molecule has 3 aromatic rings. The van der Waals surface area contributed by atoms with Crippen molar-refractivity contribution in [2.75, 3.05) is 12.9 Å². The van der Waals surface area contributed by atoms with Gasteiger partial charge in [-0.25, -0.2) is 13.4 Å². The van der Waals surface area contributed by atoms with E-state index in [1.165, 1.54) is 0 Å². The third kappa shape index (κ3) is 5.73. The first kappa shape index (κ1) is 22.6. The Morgan fingerprint density at radius 3 is 2.47 bits per heavy atom. The lowest BCUT2D eigenvalue weighted by molar-refractivity contribution is 0.0838. The highest BCUT2D eigenvalue weighted by molar-refractivity contribution is 7.90. The molecule has 0 bridgehead atoms. The highest BCUT2D eigenvalue weighted by atomic mass is 35.5. The minimum absolute atomic E-state index is 0.0326. The summed E-state index contributed by atoms with van der Waals surface area (Å²) in [5.74, 6) is 6.12. The van der Waals surface area contributed by atoms with Gasteiger partial charge in [0.2, 0.25) is 15.0 Å². The van der Waals surface area contributed by atoms with Crippen molar-refractivity contribution in [3.63, 3.8) is 0 Å². The van der Waals surface area contributed by atoms with Crippen molar-refractivity contribution in [1.82, 2.24) is 9.55 Å². The van der Waals surface area contributed by atoms with Crippen LogP contribution in [0.4, 0.5) is 0 Å². The predicted molar refractivity (Wildman–Crippen MR) is 124 cm³/mol. The summed E-state index contributed by atoms with van der Waals surface area (Å²) < 4.78 is 32.0. The zero-order valence-electron chi connectivity index (χ0n) is 17.6. The standard InChI is InChI=1S/C22H25ClN2O3SSi/c1-29(26,27)22-24-20-14-18(11-10-17-8-6-5-7-9-17)19(23)15-21(20)25(22)16-28-12-13-30(2,3)4/h5-9,14-15H,12-13,16H2,1-4H3. The maximum atomic E-state index is 12.3. The van der Waals surface area contributed by atoms with Crippen LogP contribution in [0.3, 0.4) is 0 Å². The number of aromatic nitrogens is 2. The van der Waals surface area contributed by atoms with E-state index in [1.807, 2.05) is 30.3 Å². The fourth-order valence-electron chi connectivity index (χ4n) is 2.82. The molecule has 0 atom stereocenters. The first-order valence-electron chi connectivity index (χ1n) is 9.59. The van der Waals surface area contributed by atoms with Crippen molar-refractivity contribution in [1.29, 1.82) is 0 Å². The van der Waals surface area contributed by atoms with E-state index in [9.17, 15) is 8.42 Å². The van der Waals surface area contributed by atoms with E-state index in [0.717, 1.165) is 17.9 Å². The van der Waals surface area contributed by atoms with Crippen LogP contribution in [0.15, 0.2) is 47.6 Å². The number of rotatable bonds is 6. The number of halogens is 1. The van der Waals surface area contributed by atoms with Crippen LogP contribution < -0.4 is 0 Å². The molecule has 0 spiro atoms. The van der Waals surface area contributed by atoms with Gasteiger partial charge in [-0.05, 0) is 30.3 Å². The first-order chi connectivity index (χ1) is 14.0. The molecule has 158 valence electrons. The fraction of sp³-hybridized carbons (Fsp3) is 0.318. The molecule has 1 aromatic heterocycles.